The maximum Gasteiger partial charge on any atom is 0.238 e. The van der Waals surface area contributed by atoms with Crippen LogP contribution in [0.15, 0.2) is 182 Å². The second-order valence-electron chi connectivity index (χ2n) is 13.5. The summed E-state index contributed by atoms with van der Waals surface area (Å²) in [6.07, 6.45) is 0. The van der Waals surface area contributed by atoms with Gasteiger partial charge in [-0.05, 0) is 17.5 Å². The van der Waals surface area contributed by atoms with Crippen LogP contribution in [0.5, 0.6) is 0 Å². The number of hydrogen-bond acceptors (Lipinski definition) is 4. The first kappa shape index (κ1) is 30.2. The summed E-state index contributed by atoms with van der Waals surface area (Å²) in [7, 11) is 0. The van der Waals surface area contributed by atoms with Gasteiger partial charge in [-0.2, -0.15) is 9.97 Å². The molecule has 7 aromatic carbocycles. The number of imidazole rings is 1. The van der Waals surface area contributed by atoms with Gasteiger partial charge in [0, 0.05) is 43.8 Å². The molecule has 54 heavy (non-hydrogen) atoms. The molecule has 0 atom stereocenters. The van der Waals surface area contributed by atoms with Crippen LogP contribution in [0.1, 0.15) is 0 Å². The Kier molecular flexibility index (Phi) is 6.75. The molecule has 4 heterocycles. The highest BCUT2D eigenvalue weighted by molar-refractivity contribution is 6.27. The molecule has 11 aromatic rings. The molecule has 0 fully saturated rings. The van der Waals surface area contributed by atoms with Gasteiger partial charge in [0.2, 0.25) is 5.95 Å². The average molecular weight is 691 g/mol. The zero-order valence-corrected chi connectivity index (χ0v) is 29.0. The van der Waals surface area contributed by atoms with Crippen LogP contribution in [0.3, 0.4) is 0 Å². The predicted octanol–water partition coefficient (Wildman–Crippen LogP) is 11.6. The van der Waals surface area contributed by atoms with Crippen LogP contribution in [0.25, 0.3) is 100 Å². The molecule has 0 spiro atoms. The van der Waals surface area contributed by atoms with E-state index in [4.69, 9.17) is 19.9 Å². The lowest BCUT2D eigenvalue weighted by molar-refractivity contribution is 0.953. The highest BCUT2D eigenvalue weighted by Crippen LogP contribution is 2.44. The molecule has 0 aliphatic rings. The lowest BCUT2D eigenvalue weighted by atomic mass is 9.99. The molecule has 0 saturated carbocycles. The Hall–Kier alpha value is -7.44. The fraction of sp³-hybridized carbons (Fsp3) is 0. The van der Waals surface area contributed by atoms with Crippen molar-refractivity contribution in [3.63, 3.8) is 0 Å². The minimum Gasteiger partial charge on any atom is -0.290 e. The van der Waals surface area contributed by atoms with Crippen molar-refractivity contribution in [3.8, 4) is 51.4 Å². The SMILES string of the molecule is c1ccc(-c2nc(-c3ccccc3)nc(-n3c4ccccc4c4c3ccc3c5ccccc5c5c(-c6ccccc6)nc(-c6ccccc6)n5c34)n2)cc1. The van der Waals surface area contributed by atoms with Gasteiger partial charge in [0.1, 0.15) is 5.82 Å². The summed E-state index contributed by atoms with van der Waals surface area (Å²) in [5.41, 5.74) is 9.09. The van der Waals surface area contributed by atoms with E-state index in [2.05, 4.69) is 130 Å². The molecule has 0 N–H and O–H groups in total. The highest BCUT2D eigenvalue weighted by atomic mass is 15.2. The second kappa shape index (κ2) is 12.1. The van der Waals surface area contributed by atoms with Crippen LogP contribution < -0.4 is 0 Å². The molecule has 6 heteroatoms. The van der Waals surface area contributed by atoms with Crippen molar-refractivity contribution in [2.45, 2.75) is 0 Å². The van der Waals surface area contributed by atoms with E-state index < -0.39 is 0 Å². The Morgan fingerprint density at radius 1 is 0.333 bits per heavy atom. The fourth-order valence-electron chi connectivity index (χ4n) is 7.99. The molecular formula is C48H30N6. The number of para-hydroxylation sites is 1. The molecule has 4 aromatic heterocycles. The molecule has 0 unspecified atom stereocenters. The Labute approximate surface area is 310 Å². The Morgan fingerprint density at radius 2 is 0.833 bits per heavy atom. The van der Waals surface area contributed by atoms with Gasteiger partial charge in [-0.1, -0.05) is 170 Å². The summed E-state index contributed by atoms with van der Waals surface area (Å²) < 4.78 is 4.59. The summed E-state index contributed by atoms with van der Waals surface area (Å²) in [4.78, 5) is 20.9. The number of fused-ring (bicyclic) bond motifs is 10. The molecule has 252 valence electrons. The molecule has 11 rings (SSSR count). The lowest BCUT2D eigenvalue weighted by Crippen LogP contribution is -2.06. The van der Waals surface area contributed by atoms with Crippen LogP contribution in [-0.4, -0.2) is 28.9 Å². The third-order valence-electron chi connectivity index (χ3n) is 10.4. The van der Waals surface area contributed by atoms with Crippen molar-refractivity contribution in [1.82, 2.24) is 28.9 Å². The first-order valence-corrected chi connectivity index (χ1v) is 18.1. The molecule has 0 saturated heterocycles. The molecule has 0 aliphatic carbocycles. The zero-order valence-electron chi connectivity index (χ0n) is 29.0. The number of hydrogen-bond donors (Lipinski definition) is 0. The van der Waals surface area contributed by atoms with E-state index in [0.717, 1.165) is 77.4 Å². The second-order valence-corrected chi connectivity index (χ2v) is 13.5. The van der Waals surface area contributed by atoms with Gasteiger partial charge >= 0.3 is 0 Å². The number of aromatic nitrogens is 6. The maximum absolute atomic E-state index is 5.50. The molecule has 0 amide bonds. The van der Waals surface area contributed by atoms with Gasteiger partial charge in [-0.15, -0.1) is 0 Å². The quantitative estimate of drug-likeness (QED) is 0.169. The van der Waals surface area contributed by atoms with Gasteiger partial charge in [0.05, 0.1) is 27.8 Å². The van der Waals surface area contributed by atoms with Crippen molar-refractivity contribution in [2.24, 2.45) is 0 Å². The molecule has 0 radical (unpaired) electrons. The minimum atomic E-state index is 0.559. The third-order valence-corrected chi connectivity index (χ3v) is 10.4. The summed E-state index contributed by atoms with van der Waals surface area (Å²) in [6.45, 7) is 0. The largest absolute Gasteiger partial charge is 0.290 e. The number of pyridine rings is 1. The first-order chi connectivity index (χ1) is 26.8. The Balaban J connectivity index is 1.33. The van der Waals surface area contributed by atoms with Gasteiger partial charge < -0.3 is 0 Å². The summed E-state index contributed by atoms with van der Waals surface area (Å²) in [5.74, 6) is 2.69. The standard InChI is InChI=1S/C48H30N6/c1-5-17-31(18-6-1)42-44-36-26-14-13-25-35(36)37-29-30-40-41(43(37)54(44)47(49-42)34-23-11-4-12-24-34)38-27-15-16-28-39(38)53(40)48-51-45(32-19-7-2-8-20-32)50-46(52-48)33-21-9-3-10-22-33/h1-30H. The van der Waals surface area contributed by atoms with Crippen molar-refractivity contribution < 1.29 is 0 Å². The molecular weight excluding hydrogens is 661 g/mol. The minimum absolute atomic E-state index is 0.559. The van der Waals surface area contributed by atoms with E-state index in [9.17, 15) is 0 Å². The topological polar surface area (TPSA) is 60.9 Å². The van der Waals surface area contributed by atoms with Gasteiger partial charge in [-0.3, -0.25) is 8.97 Å². The van der Waals surface area contributed by atoms with E-state index in [0.29, 0.717) is 17.6 Å². The van der Waals surface area contributed by atoms with E-state index in [1.165, 1.54) is 5.39 Å². The van der Waals surface area contributed by atoms with Crippen molar-refractivity contribution in [2.75, 3.05) is 0 Å². The van der Waals surface area contributed by atoms with Gasteiger partial charge in [0.25, 0.3) is 0 Å². The third kappa shape index (κ3) is 4.60. The Morgan fingerprint density at radius 3 is 1.46 bits per heavy atom. The van der Waals surface area contributed by atoms with Crippen molar-refractivity contribution >= 4 is 49.0 Å². The Bertz CT molecular complexity index is 3130. The van der Waals surface area contributed by atoms with Crippen LogP contribution in [0, 0.1) is 0 Å². The van der Waals surface area contributed by atoms with E-state index >= 15 is 0 Å². The number of benzene rings is 7. The monoisotopic (exact) mass is 690 g/mol. The van der Waals surface area contributed by atoms with Gasteiger partial charge in [0.15, 0.2) is 11.6 Å². The predicted molar refractivity (Wildman–Crippen MR) is 220 cm³/mol. The summed E-state index contributed by atoms with van der Waals surface area (Å²) >= 11 is 0. The molecule has 0 aliphatic heterocycles. The number of rotatable bonds is 5. The first-order valence-electron chi connectivity index (χ1n) is 18.1. The smallest absolute Gasteiger partial charge is 0.238 e. The van der Waals surface area contributed by atoms with Crippen molar-refractivity contribution in [3.05, 3.63) is 182 Å². The normalized spacial score (nSPS) is 11.7. The van der Waals surface area contributed by atoms with E-state index in [1.54, 1.807) is 0 Å². The average Bonchev–Trinajstić information content (AvgIpc) is 3.82. The van der Waals surface area contributed by atoms with Crippen LogP contribution in [0.2, 0.25) is 0 Å². The highest BCUT2D eigenvalue weighted by Gasteiger charge is 2.25. The summed E-state index contributed by atoms with van der Waals surface area (Å²) in [5, 5.41) is 5.68. The molecule has 6 nitrogen and oxygen atoms in total. The zero-order chi connectivity index (χ0) is 35.6. The van der Waals surface area contributed by atoms with Crippen LogP contribution in [0.4, 0.5) is 0 Å². The van der Waals surface area contributed by atoms with Crippen LogP contribution >= 0.6 is 0 Å². The molecule has 0 bridgehead atoms. The van der Waals surface area contributed by atoms with E-state index in [1.807, 2.05) is 60.7 Å². The van der Waals surface area contributed by atoms with Crippen LogP contribution in [-0.2, 0) is 0 Å². The summed E-state index contributed by atoms with van der Waals surface area (Å²) in [6, 6.07) is 63.1. The maximum atomic E-state index is 5.50. The van der Waals surface area contributed by atoms with Gasteiger partial charge in [-0.25, -0.2) is 9.97 Å². The van der Waals surface area contributed by atoms with Crippen molar-refractivity contribution in [1.29, 1.82) is 0 Å². The fourth-order valence-corrected chi connectivity index (χ4v) is 7.99. The lowest BCUT2D eigenvalue weighted by Gasteiger charge is -2.14. The number of nitrogens with zero attached hydrogens (tertiary/aromatic N) is 6. The van der Waals surface area contributed by atoms with E-state index in [-0.39, 0.29) is 0 Å².